The number of nitrogens with zero attached hydrogens (tertiary/aromatic N) is 1. The number of likely N-dealkylation sites (tertiary alicyclic amines) is 1. The standard InChI is InChI=1S/C20H25NO2S2.C4H6O4/c1-14-7-11-24-18(14)17(19-15(2)8-12-25-19)6-4-10-21-9-3-5-16(13-21)20(22)23;5-3(6)1-2-4(7)8/h6-8,11-12,16H,3-5,9-10,13H2,1-2H3,(H,22,23);1-2H2,(H,5,6)(H,7,8)/t16-;/m1./s1. The molecule has 9 heteroatoms. The number of hydrogen-bond donors (Lipinski definition) is 3. The van der Waals surface area contributed by atoms with Crippen molar-refractivity contribution in [2.75, 3.05) is 19.6 Å². The number of piperidine rings is 1. The molecule has 3 N–H and O–H groups in total. The lowest BCUT2D eigenvalue weighted by atomic mass is 9.98. The third-order valence-electron chi connectivity index (χ3n) is 5.41. The lowest BCUT2D eigenvalue weighted by molar-refractivity contribution is -0.143. The highest BCUT2D eigenvalue weighted by molar-refractivity contribution is 7.14. The third kappa shape index (κ3) is 8.75. The van der Waals surface area contributed by atoms with Gasteiger partial charge in [-0.3, -0.25) is 14.4 Å². The van der Waals surface area contributed by atoms with E-state index in [0.717, 1.165) is 32.4 Å². The Kier molecular flexibility index (Phi) is 10.8. The van der Waals surface area contributed by atoms with Crippen LogP contribution in [0, 0.1) is 19.8 Å². The summed E-state index contributed by atoms with van der Waals surface area (Å²) < 4.78 is 0. The fraction of sp³-hybridized carbons (Fsp3) is 0.458. The molecule has 0 aromatic carbocycles. The van der Waals surface area contributed by atoms with Crippen molar-refractivity contribution < 1.29 is 29.7 Å². The number of hydrogen-bond acceptors (Lipinski definition) is 6. The van der Waals surface area contributed by atoms with E-state index in [9.17, 15) is 19.5 Å². The molecule has 0 bridgehead atoms. The quantitative estimate of drug-likeness (QED) is 0.451. The van der Waals surface area contributed by atoms with E-state index in [1.54, 1.807) is 22.7 Å². The summed E-state index contributed by atoms with van der Waals surface area (Å²) >= 11 is 3.60. The molecule has 3 rings (SSSR count). The van der Waals surface area contributed by atoms with Gasteiger partial charge in [-0.2, -0.15) is 0 Å². The van der Waals surface area contributed by atoms with E-state index in [2.05, 4.69) is 47.7 Å². The Hall–Kier alpha value is -2.49. The van der Waals surface area contributed by atoms with Crippen LogP contribution in [0.1, 0.15) is 53.0 Å². The number of aryl methyl sites for hydroxylation is 2. The molecule has 0 amide bonds. The Labute approximate surface area is 202 Å². The van der Waals surface area contributed by atoms with E-state index in [4.69, 9.17) is 10.2 Å². The first-order valence-electron chi connectivity index (χ1n) is 10.9. The summed E-state index contributed by atoms with van der Waals surface area (Å²) in [5.74, 6) is -3.00. The van der Waals surface area contributed by atoms with E-state index >= 15 is 0 Å². The molecule has 1 aliphatic heterocycles. The van der Waals surface area contributed by atoms with Gasteiger partial charge in [0.25, 0.3) is 0 Å². The maximum atomic E-state index is 11.2. The van der Waals surface area contributed by atoms with Crippen LogP contribution in [0.3, 0.4) is 0 Å². The molecule has 0 saturated carbocycles. The summed E-state index contributed by atoms with van der Waals surface area (Å²) in [7, 11) is 0. The van der Waals surface area contributed by atoms with Gasteiger partial charge in [-0.1, -0.05) is 6.08 Å². The first-order chi connectivity index (χ1) is 15.7. The molecule has 1 saturated heterocycles. The smallest absolute Gasteiger partial charge is 0.307 e. The topological polar surface area (TPSA) is 115 Å². The van der Waals surface area contributed by atoms with Crippen molar-refractivity contribution in [1.29, 1.82) is 0 Å². The van der Waals surface area contributed by atoms with Gasteiger partial charge in [-0.25, -0.2) is 0 Å². The molecule has 2 aromatic heterocycles. The maximum absolute atomic E-state index is 11.2. The van der Waals surface area contributed by atoms with E-state index in [0.29, 0.717) is 6.54 Å². The van der Waals surface area contributed by atoms with Crippen LogP contribution in [0.5, 0.6) is 0 Å². The van der Waals surface area contributed by atoms with Gasteiger partial charge in [0.15, 0.2) is 0 Å². The summed E-state index contributed by atoms with van der Waals surface area (Å²) in [5, 5.41) is 29.4. The van der Waals surface area contributed by atoms with Crippen LogP contribution in [0.2, 0.25) is 0 Å². The van der Waals surface area contributed by atoms with Crippen molar-refractivity contribution in [3.8, 4) is 0 Å². The monoisotopic (exact) mass is 493 g/mol. The molecule has 3 heterocycles. The Morgan fingerprint density at radius 2 is 1.55 bits per heavy atom. The molecule has 0 unspecified atom stereocenters. The molecule has 1 aliphatic rings. The minimum Gasteiger partial charge on any atom is -0.481 e. The molecule has 0 radical (unpaired) electrons. The Morgan fingerprint density at radius 3 is 1.97 bits per heavy atom. The van der Waals surface area contributed by atoms with Crippen LogP contribution in [0.25, 0.3) is 5.57 Å². The van der Waals surface area contributed by atoms with E-state index < -0.39 is 17.9 Å². The fourth-order valence-corrected chi connectivity index (χ4v) is 5.67. The lowest BCUT2D eigenvalue weighted by Gasteiger charge is -2.30. The zero-order valence-corrected chi connectivity index (χ0v) is 20.6. The zero-order chi connectivity index (χ0) is 24.4. The fourth-order valence-electron chi connectivity index (χ4n) is 3.65. The molecule has 7 nitrogen and oxygen atoms in total. The number of rotatable bonds is 9. The molecule has 0 spiro atoms. The lowest BCUT2D eigenvalue weighted by Crippen LogP contribution is -2.39. The minimum absolute atomic E-state index is 0.198. The van der Waals surface area contributed by atoms with Gasteiger partial charge in [-0.05, 0) is 73.7 Å². The molecule has 2 aromatic rings. The second kappa shape index (κ2) is 13.3. The molecular weight excluding hydrogens is 462 g/mol. The van der Waals surface area contributed by atoms with Crippen molar-refractivity contribution in [3.05, 3.63) is 49.9 Å². The average molecular weight is 494 g/mol. The van der Waals surface area contributed by atoms with Crippen LogP contribution in [0.15, 0.2) is 29.0 Å². The van der Waals surface area contributed by atoms with Gasteiger partial charge in [-0.15, -0.1) is 22.7 Å². The van der Waals surface area contributed by atoms with Crippen LogP contribution in [0.4, 0.5) is 0 Å². The molecule has 33 heavy (non-hydrogen) atoms. The van der Waals surface area contributed by atoms with Crippen LogP contribution < -0.4 is 0 Å². The predicted molar refractivity (Wildman–Crippen MR) is 131 cm³/mol. The molecule has 180 valence electrons. The van der Waals surface area contributed by atoms with E-state index in [1.165, 1.54) is 26.5 Å². The highest BCUT2D eigenvalue weighted by atomic mass is 32.1. The second-order valence-corrected chi connectivity index (χ2v) is 9.87. The summed E-state index contributed by atoms with van der Waals surface area (Å²) in [5.41, 5.74) is 3.99. The molecule has 1 atom stereocenters. The summed E-state index contributed by atoms with van der Waals surface area (Å²) in [6, 6.07) is 4.36. The first-order valence-corrected chi connectivity index (χ1v) is 12.6. The predicted octanol–water partition coefficient (Wildman–Crippen LogP) is 4.98. The third-order valence-corrected chi connectivity index (χ3v) is 7.51. The Balaban J connectivity index is 0.000000414. The van der Waals surface area contributed by atoms with Crippen molar-refractivity contribution in [2.24, 2.45) is 5.92 Å². The van der Waals surface area contributed by atoms with Gasteiger partial charge in [0.2, 0.25) is 0 Å². The number of thiophene rings is 2. The summed E-state index contributed by atoms with van der Waals surface area (Å²) in [4.78, 5) is 35.5. The van der Waals surface area contributed by atoms with Crippen molar-refractivity contribution in [3.63, 3.8) is 0 Å². The molecular formula is C24H31NO6S2. The van der Waals surface area contributed by atoms with Crippen LogP contribution in [-0.2, 0) is 14.4 Å². The van der Waals surface area contributed by atoms with Crippen molar-refractivity contribution in [2.45, 2.75) is 46.0 Å². The second-order valence-electron chi connectivity index (χ2n) is 8.04. The average Bonchev–Trinajstić information content (AvgIpc) is 3.38. The van der Waals surface area contributed by atoms with Gasteiger partial charge in [0, 0.05) is 28.4 Å². The highest BCUT2D eigenvalue weighted by Gasteiger charge is 2.24. The summed E-state index contributed by atoms with van der Waals surface area (Å²) in [6.45, 7) is 6.98. The van der Waals surface area contributed by atoms with E-state index in [-0.39, 0.29) is 18.8 Å². The van der Waals surface area contributed by atoms with Gasteiger partial charge in [0.1, 0.15) is 0 Å². The Bertz CT molecular complexity index is 921. The minimum atomic E-state index is -1.08. The van der Waals surface area contributed by atoms with Crippen LogP contribution in [-0.4, -0.2) is 57.8 Å². The van der Waals surface area contributed by atoms with Crippen molar-refractivity contribution >= 4 is 46.2 Å². The van der Waals surface area contributed by atoms with Gasteiger partial charge in [0.05, 0.1) is 18.8 Å². The number of carboxylic acid groups (broad SMARTS) is 3. The number of aliphatic carboxylic acids is 3. The van der Waals surface area contributed by atoms with Gasteiger partial charge >= 0.3 is 17.9 Å². The Morgan fingerprint density at radius 1 is 1.00 bits per heavy atom. The normalized spacial score (nSPS) is 15.9. The SMILES string of the molecule is Cc1ccsc1C(=CCCN1CCC[C@@H](C(=O)O)C1)c1sccc1C.O=C(O)CCC(=O)O. The van der Waals surface area contributed by atoms with Gasteiger partial charge < -0.3 is 20.2 Å². The molecule has 0 aliphatic carbocycles. The maximum Gasteiger partial charge on any atom is 0.307 e. The number of carbonyl (C=O) groups is 3. The molecule has 1 fully saturated rings. The number of carboxylic acids is 3. The zero-order valence-electron chi connectivity index (χ0n) is 19.0. The highest BCUT2D eigenvalue weighted by Crippen LogP contribution is 2.35. The first kappa shape index (κ1) is 26.8. The largest absolute Gasteiger partial charge is 0.481 e. The van der Waals surface area contributed by atoms with Crippen LogP contribution >= 0.6 is 22.7 Å². The van der Waals surface area contributed by atoms with E-state index in [1.807, 2.05) is 0 Å². The van der Waals surface area contributed by atoms with Crippen molar-refractivity contribution in [1.82, 2.24) is 4.90 Å². The summed E-state index contributed by atoms with van der Waals surface area (Å²) in [6.07, 6.45) is 4.51.